The predicted octanol–water partition coefficient (Wildman–Crippen LogP) is 5.62. The number of alkyl carbamates (subject to hydrolysis) is 1. The molecule has 3 aliphatic heterocycles. The maximum Gasteiger partial charge on any atom is 0.407 e. The van der Waals surface area contributed by atoms with Gasteiger partial charge in [-0.05, 0) is 105 Å². The SMILES string of the molecule is COC(=O)N[C@H]1CCC[C@@H]1C(C#N)(c1cccc(F)c1)C1CCN(CC2CN(c3ccc(S(=O)(=O)c4cccc(NC(=O)/C=C/CN5CCOCC5)c4)cc3)C2)CC1. The Hall–Kier alpha value is -4.81. The standard InChI is InChI=1S/C44H53FN6O6S/c1-56-43(53)48-41-11-4-10-40(41)44(31-46,34-6-2-7-35(45)26-34)33-17-20-50(21-18-33)28-32-29-51(30-32)37-13-15-38(16-14-37)58(54,55)39-9-3-8-36(27-39)47-42(52)12-5-19-49-22-24-57-25-23-49/h2-3,5-9,12-16,26-27,32-33,40-41H,4,10-11,17-25,28-30H2,1H3,(H,47,52)(H,48,53)/b12-5+/t40-,41-,44?/m0/s1. The van der Waals surface area contributed by atoms with E-state index in [9.17, 15) is 27.7 Å². The van der Waals surface area contributed by atoms with Gasteiger partial charge in [0.2, 0.25) is 15.7 Å². The summed E-state index contributed by atoms with van der Waals surface area (Å²) < 4.78 is 52.1. The number of nitriles is 1. The Morgan fingerprint density at radius 3 is 2.40 bits per heavy atom. The molecular weight excluding hydrogens is 760 g/mol. The number of anilines is 2. The van der Waals surface area contributed by atoms with Crippen molar-refractivity contribution in [3.05, 3.63) is 96.3 Å². The molecule has 2 N–H and O–H groups in total. The first kappa shape index (κ1) is 41.4. The molecule has 4 fully saturated rings. The van der Waals surface area contributed by atoms with Gasteiger partial charge in [0.25, 0.3) is 0 Å². The molecule has 0 spiro atoms. The lowest BCUT2D eigenvalue weighted by atomic mass is 9.59. The Balaban J connectivity index is 0.918. The molecule has 3 atom stereocenters. The summed E-state index contributed by atoms with van der Waals surface area (Å²) in [5, 5.41) is 16.7. The van der Waals surface area contributed by atoms with Gasteiger partial charge >= 0.3 is 6.09 Å². The van der Waals surface area contributed by atoms with Crippen molar-refractivity contribution in [2.24, 2.45) is 17.8 Å². The molecule has 0 bridgehead atoms. The summed E-state index contributed by atoms with van der Waals surface area (Å²) in [6.07, 6.45) is 6.72. The number of methoxy groups -OCH3 is 1. The Bertz CT molecular complexity index is 2090. The Morgan fingerprint density at radius 1 is 0.948 bits per heavy atom. The molecule has 14 heteroatoms. The van der Waals surface area contributed by atoms with Gasteiger partial charge in [0.05, 0.1) is 41.6 Å². The van der Waals surface area contributed by atoms with Crippen LogP contribution in [-0.4, -0.2) is 109 Å². The van der Waals surface area contributed by atoms with E-state index in [2.05, 4.69) is 31.4 Å². The molecule has 4 aliphatic rings. The molecule has 7 rings (SSSR count). The Kier molecular flexibility index (Phi) is 13.1. The maximum absolute atomic E-state index is 14.7. The number of halogens is 1. The van der Waals surface area contributed by atoms with Crippen LogP contribution >= 0.6 is 0 Å². The van der Waals surface area contributed by atoms with Crippen LogP contribution in [0.5, 0.6) is 0 Å². The topological polar surface area (TPSA) is 144 Å². The van der Waals surface area contributed by atoms with Crippen molar-refractivity contribution >= 4 is 33.2 Å². The van der Waals surface area contributed by atoms with Crippen molar-refractivity contribution in [2.75, 3.05) is 82.9 Å². The summed E-state index contributed by atoms with van der Waals surface area (Å²) in [5.74, 6) is -0.405. The molecule has 308 valence electrons. The molecule has 1 aliphatic carbocycles. The third-order valence-corrected chi connectivity index (χ3v) is 14.2. The number of nitrogens with zero attached hydrogens (tertiary/aromatic N) is 4. The fourth-order valence-electron chi connectivity index (χ4n) is 9.45. The summed E-state index contributed by atoms with van der Waals surface area (Å²) in [4.78, 5) is 32.0. The minimum absolute atomic E-state index is 0.00223. The minimum atomic E-state index is -3.82. The van der Waals surface area contributed by atoms with Crippen molar-refractivity contribution in [3.8, 4) is 6.07 Å². The fraction of sp³-hybridized carbons (Fsp3) is 0.477. The fourth-order valence-corrected chi connectivity index (χ4v) is 10.8. The second-order valence-corrected chi connectivity index (χ2v) is 17.9. The Morgan fingerprint density at radius 2 is 1.69 bits per heavy atom. The predicted molar refractivity (Wildman–Crippen MR) is 219 cm³/mol. The molecule has 1 saturated carbocycles. The van der Waals surface area contributed by atoms with Gasteiger partial charge in [0, 0.05) is 74.6 Å². The van der Waals surface area contributed by atoms with E-state index in [4.69, 9.17) is 9.47 Å². The number of piperidine rings is 1. The van der Waals surface area contributed by atoms with E-state index in [-0.39, 0.29) is 39.4 Å². The summed E-state index contributed by atoms with van der Waals surface area (Å²) in [6, 6.07) is 22.2. The average Bonchev–Trinajstić information content (AvgIpc) is 3.68. The van der Waals surface area contributed by atoms with Crippen LogP contribution in [-0.2, 0) is 29.5 Å². The van der Waals surface area contributed by atoms with E-state index < -0.39 is 21.3 Å². The number of hydrogen-bond donors (Lipinski definition) is 2. The van der Waals surface area contributed by atoms with E-state index in [1.165, 1.54) is 37.5 Å². The molecule has 3 aromatic carbocycles. The van der Waals surface area contributed by atoms with Gasteiger partial charge < -0.3 is 29.9 Å². The van der Waals surface area contributed by atoms with Gasteiger partial charge in [-0.1, -0.05) is 30.7 Å². The number of hydrogen-bond acceptors (Lipinski definition) is 10. The summed E-state index contributed by atoms with van der Waals surface area (Å²) in [7, 11) is -2.48. The number of rotatable bonds is 13. The second kappa shape index (κ2) is 18.4. The molecule has 58 heavy (non-hydrogen) atoms. The molecule has 0 radical (unpaired) electrons. The van der Waals surface area contributed by atoms with Crippen molar-refractivity contribution < 1.29 is 31.9 Å². The van der Waals surface area contributed by atoms with Crippen molar-refractivity contribution in [1.82, 2.24) is 15.1 Å². The summed E-state index contributed by atoms with van der Waals surface area (Å²) in [5.41, 5.74) is 1.11. The number of ether oxygens (including phenoxy) is 2. The second-order valence-electron chi connectivity index (χ2n) is 15.9. The van der Waals surface area contributed by atoms with E-state index in [0.29, 0.717) is 36.9 Å². The van der Waals surface area contributed by atoms with Crippen LogP contribution in [0.15, 0.2) is 94.7 Å². The zero-order valence-electron chi connectivity index (χ0n) is 33.0. The third-order valence-electron chi connectivity index (χ3n) is 12.4. The highest BCUT2D eigenvalue weighted by atomic mass is 32.2. The third kappa shape index (κ3) is 9.23. The molecule has 0 aromatic heterocycles. The number of carbonyl (C=O) groups excluding carboxylic acids is 2. The number of benzene rings is 3. The maximum atomic E-state index is 14.7. The monoisotopic (exact) mass is 812 g/mol. The van der Waals surface area contributed by atoms with E-state index >= 15 is 0 Å². The number of morpholine rings is 1. The first-order valence-electron chi connectivity index (χ1n) is 20.3. The van der Waals surface area contributed by atoms with Gasteiger partial charge in [-0.2, -0.15) is 5.26 Å². The number of carbonyl (C=O) groups is 2. The van der Waals surface area contributed by atoms with Gasteiger partial charge in [-0.15, -0.1) is 0 Å². The summed E-state index contributed by atoms with van der Waals surface area (Å²) >= 11 is 0. The Labute approximate surface area is 340 Å². The van der Waals surface area contributed by atoms with Crippen LogP contribution < -0.4 is 15.5 Å². The zero-order valence-corrected chi connectivity index (χ0v) is 33.8. The van der Waals surface area contributed by atoms with Crippen molar-refractivity contribution in [1.29, 1.82) is 5.26 Å². The highest BCUT2D eigenvalue weighted by Crippen LogP contribution is 2.50. The van der Waals surface area contributed by atoms with Gasteiger partial charge in [-0.3, -0.25) is 9.69 Å². The lowest BCUT2D eigenvalue weighted by Gasteiger charge is -2.48. The molecule has 1 unspecified atom stereocenters. The average molecular weight is 813 g/mol. The number of amides is 2. The normalized spacial score (nSPS) is 22.2. The largest absolute Gasteiger partial charge is 0.453 e. The van der Waals surface area contributed by atoms with Gasteiger partial charge in [-0.25, -0.2) is 17.6 Å². The van der Waals surface area contributed by atoms with E-state index in [1.807, 2.05) is 18.2 Å². The van der Waals surface area contributed by atoms with Crippen LogP contribution in [0.2, 0.25) is 0 Å². The lowest BCUT2D eigenvalue weighted by molar-refractivity contribution is -0.111. The molecule has 3 heterocycles. The molecule has 2 amide bonds. The smallest absolute Gasteiger partial charge is 0.407 e. The van der Waals surface area contributed by atoms with Crippen LogP contribution in [0.4, 0.5) is 20.6 Å². The molecular formula is C44H53FN6O6S. The first-order valence-corrected chi connectivity index (χ1v) is 21.8. The van der Waals surface area contributed by atoms with Crippen LogP contribution in [0.1, 0.15) is 37.7 Å². The molecule has 3 aromatic rings. The lowest BCUT2D eigenvalue weighted by Crippen LogP contribution is -2.55. The van der Waals surface area contributed by atoms with Crippen LogP contribution in [0, 0.1) is 34.9 Å². The van der Waals surface area contributed by atoms with Gasteiger partial charge in [0.15, 0.2) is 0 Å². The van der Waals surface area contributed by atoms with Crippen LogP contribution in [0.3, 0.4) is 0 Å². The van der Waals surface area contributed by atoms with Crippen molar-refractivity contribution in [2.45, 2.75) is 53.4 Å². The first-order chi connectivity index (χ1) is 28.1. The van der Waals surface area contributed by atoms with E-state index in [1.54, 1.807) is 36.4 Å². The minimum Gasteiger partial charge on any atom is -0.453 e. The number of likely N-dealkylation sites (tertiary alicyclic amines) is 1. The molecule has 12 nitrogen and oxygen atoms in total. The molecule has 3 saturated heterocycles. The quantitative estimate of drug-likeness (QED) is 0.209. The van der Waals surface area contributed by atoms with E-state index in [0.717, 1.165) is 83.6 Å². The zero-order chi connectivity index (χ0) is 40.7. The van der Waals surface area contributed by atoms with Gasteiger partial charge in [0.1, 0.15) is 5.82 Å². The van der Waals surface area contributed by atoms with Crippen LogP contribution in [0.25, 0.3) is 0 Å². The number of nitrogens with one attached hydrogen (secondary N) is 2. The highest BCUT2D eigenvalue weighted by molar-refractivity contribution is 7.91. The highest BCUT2D eigenvalue weighted by Gasteiger charge is 2.53. The van der Waals surface area contributed by atoms with Crippen molar-refractivity contribution in [3.63, 3.8) is 0 Å². The number of sulfone groups is 1. The summed E-state index contributed by atoms with van der Waals surface area (Å²) in [6.45, 7) is 7.92.